The summed E-state index contributed by atoms with van der Waals surface area (Å²) in [4.78, 5) is 4.62. The van der Waals surface area contributed by atoms with Gasteiger partial charge in [0.15, 0.2) is 11.6 Å². The molecule has 1 aromatic carbocycles. The fraction of sp³-hybridized carbons (Fsp3) is 0.381. The van der Waals surface area contributed by atoms with Gasteiger partial charge in [-0.25, -0.2) is 4.99 Å². The van der Waals surface area contributed by atoms with Gasteiger partial charge in [-0.15, -0.1) is 10.2 Å². The smallest absolute Gasteiger partial charge is 0.191 e. The number of nitrogens with one attached hydrogen (secondary N) is 2. The first-order chi connectivity index (χ1) is 14.2. The molecule has 8 heteroatoms. The second-order valence-electron chi connectivity index (χ2n) is 6.68. The van der Waals surface area contributed by atoms with Crippen LogP contribution in [0.2, 0.25) is 5.02 Å². The number of pyridine rings is 1. The molecule has 3 aromatic rings. The van der Waals surface area contributed by atoms with Crippen LogP contribution in [0.5, 0.6) is 5.75 Å². The second kappa shape index (κ2) is 10.7. The van der Waals surface area contributed by atoms with Crippen LogP contribution in [0.15, 0.2) is 53.7 Å². The third kappa shape index (κ3) is 6.35. The Morgan fingerprint density at radius 1 is 1.17 bits per heavy atom. The van der Waals surface area contributed by atoms with Crippen molar-refractivity contribution in [1.82, 2.24) is 25.2 Å². The molecule has 0 aliphatic heterocycles. The zero-order valence-corrected chi connectivity index (χ0v) is 17.6. The van der Waals surface area contributed by atoms with E-state index >= 15 is 0 Å². The molecule has 0 amide bonds. The highest BCUT2D eigenvalue weighted by Crippen LogP contribution is 2.16. The molecule has 29 heavy (non-hydrogen) atoms. The molecule has 0 radical (unpaired) electrons. The Labute approximate surface area is 176 Å². The van der Waals surface area contributed by atoms with Crippen LogP contribution in [0, 0.1) is 0 Å². The van der Waals surface area contributed by atoms with E-state index in [9.17, 15) is 0 Å². The molecule has 0 saturated carbocycles. The lowest BCUT2D eigenvalue weighted by molar-refractivity contribution is 0.230. The normalized spacial score (nSPS) is 12.7. The van der Waals surface area contributed by atoms with E-state index < -0.39 is 0 Å². The van der Waals surface area contributed by atoms with Crippen LogP contribution in [0.25, 0.3) is 5.65 Å². The SMILES string of the molecule is CCNC(=NCC(C)Oc1ccc(Cl)cc1)NCCCc1nnc2ccccn12. The molecule has 1 unspecified atom stereocenters. The highest BCUT2D eigenvalue weighted by Gasteiger charge is 2.06. The first-order valence-corrected chi connectivity index (χ1v) is 10.3. The van der Waals surface area contributed by atoms with Crippen LogP contribution in [0.3, 0.4) is 0 Å². The number of fused-ring (bicyclic) bond motifs is 1. The van der Waals surface area contributed by atoms with E-state index in [0.29, 0.717) is 11.6 Å². The highest BCUT2D eigenvalue weighted by atomic mass is 35.5. The minimum absolute atomic E-state index is 0.0472. The summed E-state index contributed by atoms with van der Waals surface area (Å²) in [6.07, 6.45) is 3.71. The van der Waals surface area contributed by atoms with Crippen LogP contribution < -0.4 is 15.4 Å². The molecule has 3 rings (SSSR count). The molecule has 0 bridgehead atoms. The van der Waals surface area contributed by atoms with Crippen LogP contribution in [0.4, 0.5) is 0 Å². The number of rotatable bonds is 9. The van der Waals surface area contributed by atoms with Crippen LogP contribution >= 0.6 is 11.6 Å². The summed E-state index contributed by atoms with van der Waals surface area (Å²) < 4.78 is 7.90. The number of benzene rings is 1. The van der Waals surface area contributed by atoms with Gasteiger partial charge >= 0.3 is 0 Å². The van der Waals surface area contributed by atoms with Gasteiger partial charge in [-0.3, -0.25) is 4.40 Å². The van der Waals surface area contributed by atoms with E-state index in [4.69, 9.17) is 16.3 Å². The lowest BCUT2D eigenvalue weighted by Gasteiger charge is -2.15. The van der Waals surface area contributed by atoms with Gasteiger partial charge in [-0.05, 0) is 56.7 Å². The monoisotopic (exact) mass is 414 g/mol. The average molecular weight is 415 g/mol. The minimum atomic E-state index is -0.0472. The molecule has 1 atom stereocenters. The van der Waals surface area contributed by atoms with Crippen LogP contribution in [-0.2, 0) is 6.42 Å². The standard InChI is InChI=1S/C21H27ClN6O/c1-3-23-21(25-15-16(2)29-18-11-9-17(22)10-12-18)24-13-6-8-20-27-26-19-7-4-5-14-28(19)20/h4-5,7,9-12,14,16H,3,6,8,13,15H2,1-2H3,(H2,23,24,25). The number of guanidine groups is 1. The molecule has 2 heterocycles. The van der Waals surface area contributed by atoms with E-state index in [2.05, 4.69) is 25.8 Å². The number of hydrogen-bond donors (Lipinski definition) is 2. The molecular weight excluding hydrogens is 388 g/mol. The van der Waals surface area contributed by atoms with Crippen molar-refractivity contribution < 1.29 is 4.74 Å². The molecular formula is C21H27ClN6O. The molecule has 2 aromatic heterocycles. The maximum absolute atomic E-state index is 5.90. The number of aliphatic imine (C=N–C) groups is 1. The Bertz CT molecular complexity index is 924. The van der Waals surface area contributed by atoms with Gasteiger partial charge in [0, 0.05) is 30.7 Å². The Balaban J connectivity index is 1.45. The fourth-order valence-electron chi connectivity index (χ4n) is 2.86. The first kappa shape index (κ1) is 20.9. The highest BCUT2D eigenvalue weighted by molar-refractivity contribution is 6.30. The summed E-state index contributed by atoms with van der Waals surface area (Å²) in [5.74, 6) is 2.54. The third-order valence-corrected chi connectivity index (χ3v) is 4.51. The Morgan fingerprint density at radius 2 is 2.00 bits per heavy atom. The predicted molar refractivity (Wildman–Crippen MR) is 117 cm³/mol. The molecule has 0 aliphatic carbocycles. The Kier molecular flexibility index (Phi) is 7.69. The lowest BCUT2D eigenvalue weighted by atomic mass is 10.3. The quantitative estimate of drug-likeness (QED) is 0.319. The van der Waals surface area contributed by atoms with Crippen molar-refractivity contribution >= 4 is 23.2 Å². The van der Waals surface area contributed by atoms with E-state index in [-0.39, 0.29) is 6.10 Å². The maximum Gasteiger partial charge on any atom is 0.191 e. The number of nitrogens with zero attached hydrogens (tertiary/aromatic N) is 4. The van der Waals surface area contributed by atoms with E-state index in [1.165, 1.54) is 0 Å². The van der Waals surface area contributed by atoms with Gasteiger partial charge in [0.25, 0.3) is 0 Å². The summed E-state index contributed by atoms with van der Waals surface area (Å²) in [7, 11) is 0. The van der Waals surface area contributed by atoms with Gasteiger partial charge in [-0.1, -0.05) is 17.7 Å². The van der Waals surface area contributed by atoms with Gasteiger partial charge in [0.1, 0.15) is 17.7 Å². The molecule has 0 aliphatic rings. The average Bonchev–Trinajstić information content (AvgIpc) is 3.14. The van der Waals surface area contributed by atoms with Gasteiger partial charge in [-0.2, -0.15) is 0 Å². The second-order valence-corrected chi connectivity index (χ2v) is 7.11. The topological polar surface area (TPSA) is 75.8 Å². The van der Waals surface area contributed by atoms with Crippen molar-refractivity contribution in [2.45, 2.75) is 32.8 Å². The van der Waals surface area contributed by atoms with Crippen molar-refractivity contribution in [1.29, 1.82) is 0 Å². The summed E-state index contributed by atoms with van der Waals surface area (Å²) >= 11 is 5.90. The fourth-order valence-corrected chi connectivity index (χ4v) is 2.99. The molecule has 0 spiro atoms. The lowest BCUT2D eigenvalue weighted by Crippen LogP contribution is -2.38. The zero-order chi connectivity index (χ0) is 20.5. The van der Waals surface area contributed by atoms with Crippen LogP contribution in [-0.4, -0.2) is 46.3 Å². The van der Waals surface area contributed by atoms with Gasteiger partial charge < -0.3 is 15.4 Å². The molecule has 0 fully saturated rings. The Hall–Kier alpha value is -2.80. The molecule has 154 valence electrons. The van der Waals surface area contributed by atoms with E-state index in [1.807, 2.05) is 66.9 Å². The van der Waals surface area contributed by atoms with E-state index in [0.717, 1.165) is 49.1 Å². The molecule has 2 N–H and O–H groups in total. The number of halogens is 1. The number of hydrogen-bond acceptors (Lipinski definition) is 4. The number of ether oxygens (including phenoxy) is 1. The van der Waals surface area contributed by atoms with Crippen molar-refractivity contribution in [2.75, 3.05) is 19.6 Å². The van der Waals surface area contributed by atoms with Crippen molar-refractivity contribution in [2.24, 2.45) is 4.99 Å². The molecule has 0 saturated heterocycles. The zero-order valence-electron chi connectivity index (χ0n) is 16.8. The summed E-state index contributed by atoms with van der Waals surface area (Å²) in [5, 5.41) is 15.8. The van der Waals surface area contributed by atoms with Crippen molar-refractivity contribution in [3.8, 4) is 5.75 Å². The minimum Gasteiger partial charge on any atom is -0.489 e. The van der Waals surface area contributed by atoms with Gasteiger partial charge in [0.05, 0.1) is 6.54 Å². The van der Waals surface area contributed by atoms with E-state index in [1.54, 1.807) is 0 Å². The summed E-state index contributed by atoms with van der Waals surface area (Å²) in [5.41, 5.74) is 0.875. The largest absolute Gasteiger partial charge is 0.489 e. The maximum atomic E-state index is 5.90. The predicted octanol–water partition coefficient (Wildman–Crippen LogP) is 3.34. The van der Waals surface area contributed by atoms with Crippen LogP contribution in [0.1, 0.15) is 26.1 Å². The molecule has 7 nitrogen and oxygen atoms in total. The summed E-state index contributed by atoms with van der Waals surface area (Å²) in [6.45, 7) is 6.19. The number of aryl methyl sites for hydroxylation is 1. The van der Waals surface area contributed by atoms with Gasteiger partial charge in [0.2, 0.25) is 0 Å². The van der Waals surface area contributed by atoms with Crippen molar-refractivity contribution in [3.05, 3.63) is 59.5 Å². The Morgan fingerprint density at radius 3 is 2.79 bits per heavy atom. The third-order valence-electron chi connectivity index (χ3n) is 4.26. The van der Waals surface area contributed by atoms with Crippen molar-refractivity contribution in [3.63, 3.8) is 0 Å². The first-order valence-electron chi connectivity index (χ1n) is 9.88. The number of aromatic nitrogens is 3. The summed E-state index contributed by atoms with van der Waals surface area (Å²) in [6, 6.07) is 13.3.